The van der Waals surface area contributed by atoms with Gasteiger partial charge in [0.05, 0.1) is 0 Å². The van der Waals surface area contributed by atoms with Gasteiger partial charge in [0, 0.05) is 26.1 Å². The fraction of sp³-hybridized carbons (Fsp3) is 0.846. The van der Waals surface area contributed by atoms with E-state index in [1.807, 2.05) is 7.05 Å². The molecule has 102 valence electrons. The number of likely N-dealkylation sites (tertiary alicyclic amines) is 1. The Labute approximate surface area is 110 Å². The first kappa shape index (κ1) is 13.5. The van der Waals surface area contributed by atoms with Crippen LogP contribution in [0.25, 0.3) is 0 Å². The van der Waals surface area contributed by atoms with Crippen LogP contribution in [0.3, 0.4) is 0 Å². The Morgan fingerprint density at radius 1 is 1.33 bits per heavy atom. The third-order valence-corrected chi connectivity index (χ3v) is 3.75. The van der Waals surface area contributed by atoms with Gasteiger partial charge in [-0.3, -0.25) is 4.68 Å². The van der Waals surface area contributed by atoms with Crippen LogP contribution < -0.4 is 5.32 Å². The zero-order chi connectivity index (χ0) is 12.8. The maximum atomic E-state index is 4.27. The summed E-state index contributed by atoms with van der Waals surface area (Å²) in [5.74, 6) is 0.930. The molecule has 1 N–H and O–H groups in total. The predicted molar refractivity (Wildman–Crippen MR) is 72.5 cm³/mol. The van der Waals surface area contributed by atoms with Crippen LogP contribution in [-0.2, 0) is 13.5 Å². The van der Waals surface area contributed by atoms with Crippen molar-refractivity contribution in [1.82, 2.24) is 25.0 Å². The molecule has 0 radical (unpaired) electrons. The van der Waals surface area contributed by atoms with Gasteiger partial charge in [-0.2, -0.15) is 5.10 Å². The number of rotatable bonds is 6. The smallest absolute Gasteiger partial charge is 0.151 e. The van der Waals surface area contributed by atoms with Gasteiger partial charge in [-0.25, -0.2) is 4.98 Å². The molecule has 1 aromatic heterocycles. The first-order valence-electron chi connectivity index (χ1n) is 7.01. The molecular weight excluding hydrogens is 226 g/mol. The molecule has 1 atom stereocenters. The molecular formula is C13H25N5. The molecule has 0 spiro atoms. The molecule has 1 fully saturated rings. The highest BCUT2D eigenvalue weighted by Crippen LogP contribution is 2.16. The number of hydrogen-bond donors (Lipinski definition) is 1. The summed E-state index contributed by atoms with van der Waals surface area (Å²) in [6.45, 7) is 3.34. The number of hydrogen-bond acceptors (Lipinski definition) is 4. The average Bonchev–Trinajstić information content (AvgIpc) is 2.77. The maximum absolute atomic E-state index is 4.27. The van der Waals surface area contributed by atoms with E-state index in [0.29, 0.717) is 0 Å². The minimum Gasteiger partial charge on any atom is -0.316 e. The van der Waals surface area contributed by atoms with E-state index in [9.17, 15) is 0 Å². The maximum Gasteiger partial charge on any atom is 0.151 e. The van der Waals surface area contributed by atoms with E-state index in [2.05, 4.69) is 27.3 Å². The molecule has 18 heavy (non-hydrogen) atoms. The first-order chi connectivity index (χ1) is 8.75. The van der Waals surface area contributed by atoms with Gasteiger partial charge in [0.2, 0.25) is 0 Å². The minimum absolute atomic E-state index is 0.777. The van der Waals surface area contributed by atoms with Crippen LogP contribution in [0, 0.1) is 0 Å². The lowest BCUT2D eigenvalue weighted by Crippen LogP contribution is -2.38. The van der Waals surface area contributed by atoms with Gasteiger partial charge in [0.1, 0.15) is 6.33 Å². The van der Waals surface area contributed by atoms with Gasteiger partial charge in [0.15, 0.2) is 5.82 Å². The number of aromatic nitrogens is 3. The summed E-state index contributed by atoms with van der Waals surface area (Å²) >= 11 is 0. The highest BCUT2D eigenvalue weighted by Gasteiger charge is 2.17. The van der Waals surface area contributed by atoms with Crippen LogP contribution in [0.2, 0.25) is 0 Å². The Morgan fingerprint density at radius 2 is 2.22 bits per heavy atom. The molecule has 2 heterocycles. The van der Waals surface area contributed by atoms with Gasteiger partial charge in [-0.05, 0) is 39.4 Å². The minimum atomic E-state index is 0.777. The molecule has 0 bridgehead atoms. The zero-order valence-electron chi connectivity index (χ0n) is 11.6. The molecule has 0 saturated carbocycles. The summed E-state index contributed by atoms with van der Waals surface area (Å²) < 4.78 is 1.76. The second kappa shape index (κ2) is 6.85. The van der Waals surface area contributed by atoms with E-state index < -0.39 is 0 Å². The Balaban J connectivity index is 1.55. The van der Waals surface area contributed by atoms with E-state index in [0.717, 1.165) is 31.4 Å². The fourth-order valence-corrected chi connectivity index (χ4v) is 2.60. The third kappa shape index (κ3) is 4.07. The second-order valence-electron chi connectivity index (χ2n) is 5.25. The number of piperidine rings is 1. The van der Waals surface area contributed by atoms with Gasteiger partial charge in [-0.15, -0.1) is 0 Å². The average molecular weight is 251 g/mol. The van der Waals surface area contributed by atoms with Crippen molar-refractivity contribution in [1.29, 1.82) is 0 Å². The standard InChI is InChI=1S/C13H25N5/c1-17-10-4-3-5-12(17)6-8-14-9-7-13-15-11-18(2)16-13/h11-12,14H,3-10H2,1-2H3. The fourth-order valence-electron chi connectivity index (χ4n) is 2.60. The van der Waals surface area contributed by atoms with E-state index in [-0.39, 0.29) is 0 Å². The number of aryl methyl sites for hydroxylation is 1. The molecule has 0 aliphatic carbocycles. The second-order valence-corrected chi connectivity index (χ2v) is 5.25. The van der Waals surface area contributed by atoms with Crippen LogP contribution >= 0.6 is 0 Å². The van der Waals surface area contributed by atoms with Crippen molar-refractivity contribution in [3.8, 4) is 0 Å². The van der Waals surface area contributed by atoms with E-state index in [1.165, 1.54) is 32.2 Å². The van der Waals surface area contributed by atoms with Crippen LogP contribution in [0.1, 0.15) is 31.5 Å². The molecule has 1 aromatic rings. The van der Waals surface area contributed by atoms with E-state index in [4.69, 9.17) is 0 Å². The molecule has 5 heteroatoms. The van der Waals surface area contributed by atoms with Gasteiger partial charge < -0.3 is 10.2 Å². The van der Waals surface area contributed by atoms with Crippen molar-refractivity contribution < 1.29 is 0 Å². The zero-order valence-corrected chi connectivity index (χ0v) is 11.6. The van der Waals surface area contributed by atoms with Gasteiger partial charge in [0.25, 0.3) is 0 Å². The Morgan fingerprint density at radius 3 is 2.94 bits per heavy atom. The summed E-state index contributed by atoms with van der Waals surface area (Å²) in [7, 11) is 4.16. The molecule has 0 amide bonds. The quantitative estimate of drug-likeness (QED) is 0.761. The number of nitrogens with one attached hydrogen (secondary N) is 1. The summed E-state index contributed by atoms with van der Waals surface area (Å²) in [5.41, 5.74) is 0. The molecule has 1 unspecified atom stereocenters. The van der Waals surface area contributed by atoms with Crippen molar-refractivity contribution in [3.05, 3.63) is 12.2 Å². The van der Waals surface area contributed by atoms with Crippen LogP contribution in [0.5, 0.6) is 0 Å². The molecule has 0 aromatic carbocycles. The normalized spacial score (nSPS) is 21.3. The third-order valence-electron chi connectivity index (χ3n) is 3.75. The molecule has 5 nitrogen and oxygen atoms in total. The van der Waals surface area contributed by atoms with Crippen LogP contribution in [-0.4, -0.2) is 52.4 Å². The van der Waals surface area contributed by atoms with Crippen molar-refractivity contribution in [2.45, 2.75) is 38.1 Å². The lowest BCUT2D eigenvalue weighted by atomic mass is 10.0. The van der Waals surface area contributed by atoms with Crippen LogP contribution in [0.4, 0.5) is 0 Å². The Bertz CT molecular complexity index is 349. The van der Waals surface area contributed by atoms with E-state index in [1.54, 1.807) is 11.0 Å². The van der Waals surface area contributed by atoms with Crippen LogP contribution in [0.15, 0.2) is 6.33 Å². The lowest BCUT2D eigenvalue weighted by Gasteiger charge is -2.32. The van der Waals surface area contributed by atoms with Crippen molar-refractivity contribution in [2.75, 3.05) is 26.7 Å². The Kier molecular flexibility index (Phi) is 5.13. The number of nitrogens with zero attached hydrogens (tertiary/aromatic N) is 4. The van der Waals surface area contributed by atoms with Crippen molar-refractivity contribution in [2.24, 2.45) is 7.05 Å². The predicted octanol–water partition coefficient (Wildman–Crippen LogP) is 0.822. The van der Waals surface area contributed by atoms with Gasteiger partial charge in [-0.1, -0.05) is 6.42 Å². The lowest BCUT2D eigenvalue weighted by molar-refractivity contribution is 0.175. The summed E-state index contributed by atoms with van der Waals surface area (Å²) in [6, 6.07) is 0.777. The van der Waals surface area contributed by atoms with Crippen molar-refractivity contribution in [3.63, 3.8) is 0 Å². The highest BCUT2D eigenvalue weighted by molar-refractivity contribution is 4.82. The summed E-state index contributed by atoms with van der Waals surface area (Å²) in [6.07, 6.45) is 8.05. The highest BCUT2D eigenvalue weighted by atomic mass is 15.3. The van der Waals surface area contributed by atoms with E-state index >= 15 is 0 Å². The molecule has 1 saturated heterocycles. The summed E-state index contributed by atoms with van der Waals surface area (Å²) in [5, 5.41) is 7.76. The molecule has 1 aliphatic rings. The molecule has 1 aliphatic heterocycles. The topological polar surface area (TPSA) is 46.0 Å². The SMILES string of the molecule is CN1CCCCC1CCNCCc1ncn(C)n1. The Hall–Kier alpha value is -0.940. The van der Waals surface area contributed by atoms with Gasteiger partial charge >= 0.3 is 0 Å². The largest absolute Gasteiger partial charge is 0.316 e. The molecule has 2 rings (SSSR count). The monoisotopic (exact) mass is 251 g/mol. The van der Waals surface area contributed by atoms with Crippen molar-refractivity contribution >= 4 is 0 Å². The first-order valence-corrected chi connectivity index (χ1v) is 7.01. The summed E-state index contributed by atoms with van der Waals surface area (Å²) in [4.78, 5) is 6.72.